The molecule has 0 spiro atoms. The van der Waals surface area contributed by atoms with Gasteiger partial charge in [0.05, 0.1) is 57.5 Å². The largest absolute Gasteiger partial charge is 0.307 e. The van der Waals surface area contributed by atoms with E-state index in [1.165, 1.54) is 0 Å². The first-order valence-electron chi connectivity index (χ1n) is 17.9. The molecule has 10 rings (SSSR count). The van der Waals surface area contributed by atoms with Crippen molar-refractivity contribution in [2.75, 3.05) is 0 Å². The number of benzene rings is 5. The van der Waals surface area contributed by atoms with Crippen LogP contribution in [0.1, 0.15) is 19.4 Å². The van der Waals surface area contributed by atoms with Gasteiger partial charge in [-0.2, -0.15) is 5.26 Å². The van der Waals surface area contributed by atoms with Gasteiger partial charge in [0.2, 0.25) is 0 Å². The standard InChI is InChI=1S/C44H26N8.C2H6/c45-25-28-11-13-29(14-12-28)42-40(51-36-9-3-1-7-32(36)34-17-15-30(23-38(34)51)43-47-19-5-20-48-43)26-46-27-41(42)52-37-10-4-2-8-33(37)35-18-16-31(24-39(35)52)44-49-21-6-22-50-44;1-2/h1-24,26-27H;1-2H3. The van der Waals surface area contributed by atoms with Crippen LogP contribution in [-0.4, -0.2) is 34.1 Å². The van der Waals surface area contributed by atoms with Crippen LogP contribution < -0.4 is 0 Å². The van der Waals surface area contributed by atoms with Gasteiger partial charge >= 0.3 is 0 Å². The van der Waals surface area contributed by atoms with E-state index < -0.39 is 0 Å². The molecule has 0 aliphatic heterocycles. The molecule has 5 aromatic heterocycles. The van der Waals surface area contributed by atoms with Gasteiger partial charge in [0.25, 0.3) is 0 Å². The van der Waals surface area contributed by atoms with Crippen molar-refractivity contribution >= 4 is 43.6 Å². The molecule has 0 bridgehead atoms. The van der Waals surface area contributed by atoms with Gasteiger partial charge in [-0.15, -0.1) is 0 Å². The lowest BCUT2D eigenvalue weighted by Crippen LogP contribution is -2.05. The number of rotatable bonds is 5. The summed E-state index contributed by atoms with van der Waals surface area (Å²) in [5, 5.41) is 14.2. The summed E-state index contributed by atoms with van der Waals surface area (Å²) in [6.45, 7) is 4.00. The van der Waals surface area contributed by atoms with E-state index in [9.17, 15) is 5.26 Å². The lowest BCUT2D eigenvalue weighted by atomic mass is 10.0. The summed E-state index contributed by atoms with van der Waals surface area (Å²) >= 11 is 0. The van der Waals surface area contributed by atoms with Crippen LogP contribution >= 0.6 is 0 Å². The fraction of sp³-hybridized carbons (Fsp3) is 0.0435. The minimum Gasteiger partial charge on any atom is -0.307 e. The van der Waals surface area contributed by atoms with Gasteiger partial charge in [-0.1, -0.05) is 86.6 Å². The molecule has 5 heterocycles. The summed E-state index contributed by atoms with van der Waals surface area (Å²) in [6, 6.07) is 43.4. The third kappa shape index (κ3) is 5.26. The zero-order valence-corrected chi connectivity index (χ0v) is 29.6. The normalized spacial score (nSPS) is 11.1. The topological polar surface area (TPSA) is 98.1 Å². The Morgan fingerprint density at radius 2 is 0.889 bits per heavy atom. The number of hydrogen-bond donors (Lipinski definition) is 0. The Kier molecular flexibility index (Phi) is 8.14. The van der Waals surface area contributed by atoms with E-state index in [1.54, 1.807) is 24.8 Å². The van der Waals surface area contributed by atoms with E-state index in [2.05, 4.69) is 120 Å². The summed E-state index contributed by atoms with van der Waals surface area (Å²) < 4.78 is 4.58. The Hall–Kier alpha value is -7.50. The molecule has 0 fully saturated rings. The second-order valence-corrected chi connectivity index (χ2v) is 12.6. The first-order valence-corrected chi connectivity index (χ1v) is 17.9. The van der Waals surface area contributed by atoms with Crippen LogP contribution in [0.2, 0.25) is 0 Å². The smallest absolute Gasteiger partial charge is 0.159 e. The number of pyridine rings is 1. The molecule has 8 nitrogen and oxygen atoms in total. The van der Waals surface area contributed by atoms with Crippen LogP contribution in [0.3, 0.4) is 0 Å². The predicted octanol–water partition coefficient (Wildman–Crippen LogP) is 10.8. The number of fused-ring (bicyclic) bond motifs is 6. The quantitative estimate of drug-likeness (QED) is 0.178. The van der Waals surface area contributed by atoms with Crippen LogP contribution in [0, 0.1) is 11.3 Å². The molecule has 54 heavy (non-hydrogen) atoms. The van der Waals surface area contributed by atoms with E-state index in [-0.39, 0.29) is 0 Å². The van der Waals surface area contributed by atoms with Crippen LogP contribution in [0.4, 0.5) is 0 Å². The van der Waals surface area contributed by atoms with E-state index in [0.29, 0.717) is 17.2 Å². The van der Waals surface area contributed by atoms with Crippen molar-refractivity contribution in [1.29, 1.82) is 5.26 Å². The molecule has 0 atom stereocenters. The lowest BCUT2D eigenvalue weighted by Gasteiger charge is -2.19. The van der Waals surface area contributed by atoms with E-state index in [1.807, 2.05) is 62.6 Å². The monoisotopic (exact) mass is 696 g/mol. The summed E-state index contributed by atoms with van der Waals surface area (Å²) in [5.74, 6) is 1.31. The van der Waals surface area contributed by atoms with Gasteiger partial charge in [-0.05, 0) is 54.1 Å². The highest BCUT2D eigenvalue weighted by Gasteiger charge is 2.23. The first-order chi connectivity index (χ1) is 26.8. The van der Waals surface area contributed by atoms with Gasteiger partial charge < -0.3 is 9.13 Å². The van der Waals surface area contributed by atoms with E-state index >= 15 is 0 Å². The number of hydrogen-bond acceptors (Lipinski definition) is 6. The van der Waals surface area contributed by atoms with Crippen molar-refractivity contribution in [2.24, 2.45) is 0 Å². The molecule has 0 amide bonds. The molecule has 0 radical (unpaired) electrons. The molecule has 0 unspecified atom stereocenters. The number of nitrogens with zero attached hydrogens (tertiary/aromatic N) is 8. The van der Waals surface area contributed by atoms with Gasteiger partial charge in [0.1, 0.15) is 0 Å². The van der Waals surface area contributed by atoms with Crippen LogP contribution in [0.5, 0.6) is 0 Å². The number of aromatic nitrogens is 7. The zero-order chi connectivity index (χ0) is 36.6. The third-order valence-corrected chi connectivity index (χ3v) is 9.69. The van der Waals surface area contributed by atoms with Crippen molar-refractivity contribution in [2.45, 2.75) is 13.8 Å². The van der Waals surface area contributed by atoms with E-state index in [4.69, 9.17) is 4.98 Å². The highest BCUT2D eigenvalue weighted by molar-refractivity contribution is 6.12. The zero-order valence-electron chi connectivity index (χ0n) is 29.6. The fourth-order valence-electron chi connectivity index (χ4n) is 7.42. The Bertz CT molecular complexity index is 2840. The average Bonchev–Trinajstić information content (AvgIpc) is 3.77. The van der Waals surface area contributed by atoms with Gasteiger partial charge in [0, 0.05) is 63.0 Å². The lowest BCUT2D eigenvalue weighted by molar-refractivity contribution is 1.09. The number of nitriles is 1. The van der Waals surface area contributed by atoms with E-state index in [0.717, 1.165) is 77.2 Å². The Balaban J connectivity index is 0.00000189. The molecule has 0 aliphatic rings. The molecule has 10 aromatic rings. The molecule has 5 aromatic carbocycles. The SMILES string of the molecule is CC.N#Cc1ccc(-c2c(-n3c4ccccc4c4ccc(-c5ncccn5)cc43)cncc2-n2c3ccccc3c3ccc(-c4ncccn4)cc32)cc1. The van der Waals surface area contributed by atoms with Crippen LogP contribution in [0.25, 0.3) is 88.9 Å². The van der Waals surface area contributed by atoms with Crippen molar-refractivity contribution in [3.05, 3.63) is 164 Å². The predicted molar refractivity (Wildman–Crippen MR) is 216 cm³/mol. The molecular formula is C46H32N8. The molecule has 0 N–H and O–H groups in total. The second kappa shape index (κ2) is 13.6. The molecule has 0 saturated carbocycles. The van der Waals surface area contributed by atoms with Crippen LogP contribution in [-0.2, 0) is 0 Å². The van der Waals surface area contributed by atoms with Crippen molar-refractivity contribution in [3.63, 3.8) is 0 Å². The fourth-order valence-corrected chi connectivity index (χ4v) is 7.42. The van der Waals surface area contributed by atoms with Crippen molar-refractivity contribution in [1.82, 2.24) is 34.1 Å². The first kappa shape index (κ1) is 32.4. The minimum absolute atomic E-state index is 0.592. The molecular weight excluding hydrogens is 665 g/mol. The van der Waals surface area contributed by atoms with Crippen LogP contribution in [0.15, 0.2) is 159 Å². The Morgan fingerprint density at radius 3 is 1.35 bits per heavy atom. The Labute approximate surface area is 311 Å². The summed E-state index contributed by atoms with van der Waals surface area (Å²) in [7, 11) is 0. The van der Waals surface area contributed by atoms with Gasteiger partial charge in [-0.25, -0.2) is 19.9 Å². The van der Waals surface area contributed by atoms with Gasteiger partial charge in [0.15, 0.2) is 11.6 Å². The minimum atomic E-state index is 0.592. The molecule has 8 heteroatoms. The molecule has 256 valence electrons. The maximum Gasteiger partial charge on any atom is 0.159 e. The number of para-hydroxylation sites is 2. The third-order valence-electron chi connectivity index (χ3n) is 9.69. The molecule has 0 saturated heterocycles. The maximum absolute atomic E-state index is 9.73. The van der Waals surface area contributed by atoms with Crippen molar-refractivity contribution in [3.8, 4) is 51.3 Å². The van der Waals surface area contributed by atoms with Crippen molar-refractivity contribution < 1.29 is 0 Å². The highest BCUT2D eigenvalue weighted by Crippen LogP contribution is 2.42. The summed E-state index contributed by atoms with van der Waals surface area (Å²) in [5.41, 5.74) is 10.2. The second-order valence-electron chi connectivity index (χ2n) is 12.6. The average molecular weight is 697 g/mol. The van der Waals surface area contributed by atoms with Gasteiger partial charge in [-0.3, -0.25) is 4.98 Å². The maximum atomic E-state index is 9.73. The summed E-state index contributed by atoms with van der Waals surface area (Å²) in [6.07, 6.45) is 10.9. The highest BCUT2D eigenvalue weighted by atomic mass is 15.0. The Morgan fingerprint density at radius 1 is 0.463 bits per heavy atom. The summed E-state index contributed by atoms with van der Waals surface area (Å²) in [4.78, 5) is 23.2. The molecule has 0 aliphatic carbocycles.